The third kappa shape index (κ3) is 3.18. The second-order valence-electron chi connectivity index (χ2n) is 6.92. The Kier molecular flexibility index (Phi) is 4.66. The number of aromatic nitrogens is 3. The Morgan fingerprint density at radius 1 is 1.28 bits per heavy atom. The summed E-state index contributed by atoms with van der Waals surface area (Å²) in [4.78, 5) is 12.4. The summed E-state index contributed by atoms with van der Waals surface area (Å²) in [5, 5.41) is 8.60. The number of amides is 1. The van der Waals surface area contributed by atoms with E-state index < -0.39 is 0 Å². The lowest BCUT2D eigenvalue weighted by Crippen LogP contribution is -2.26. The van der Waals surface area contributed by atoms with Gasteiger partial charge >= 0.3 is 0 Å². The molecule has 1 aromatic carbocycles. The normalized spacial score (nSPS) is 11.4. The summed E-state index contributed by atoms with van der Waals surface area (Å²) in [5.74, 6) is -0.0548. The molecule has 1 N–H and O–H groups in total. The molecule has 0 saturated carbocycles. The number of nitrogens with zero attached hydrogens (tertiary/aromatic N) is 3. The van der Waals surface area contributed by atoms with Crippen LogP contribution in [0.1, 0.15) is 47.1 Å². The third-order valence-electron chi connectivity index (χ3n) is 4.74. The first-order valence-corrected chi connectivity index (χ1v) is 8.76. The number of benzene rings is 1. The van der Waals surface area contributed by atoms with Crippen molar-refractivity contribution in [2.45, 2.75) is 40.2 Å². The molecule has 1 amide bonds. The SMILES string of the molecule is Cc1cccc2c(CCNC(=O)c3cnn(C(C)C)c3C)cn(C)c12. The lowest BCUT2D eigenvalue weighted by atomic mass is 10.1. The number of carbonyl (C=O) groups is 1. The number of hydrogen-bond donors (Lipinski definition) is 1. The van der Waals surface area contributed by atoms with E-state index in [9.17, 15) is 4.79 Å². The van der Waals surface area contributed by atoms with E-state index in [1.165, 1.54) is 22.0 Å². The fraction of sp³-hybridized carbons (Fsp3) is 0.400. The molecule has 132 valence electrons. The molecular weight excluding hydrogens is 312 g/mol. The maximum atomic E-state index is 12.4. The van der Waals surface area contributed by atoms with Crippen LogP contribution in [0.5, 0.6) is 0 Å². The van der Waals surface area contributed by atoms with Gasteiger partial charge in [0.1, 0.15) is 0 Å². The average Bonchev–Trinajstić information content (AvgIpc) is 3.09. The topological polar surface area (TPSA) is 51.9 Å². The predicted molar refractivity (Wildman–Crippen MR) is 101 cm³/mol. The zero-order valence-corrected chi connectivity index (χ0v) is 15.6. The van der Waals surface area contributed by atoms with Gasteiger partial charge in [0.15, 0.2) is 0 Å². The molecule has 0 atom stereocenters. The first-order valence-electron chi connectivity index (χ1n) is 8.76. The maximum absolute atomic E-state index is 12.4. The smallest absolute Gasteiger partial charge is 0.254 e. The van der Waals surface area contributed by atoms with Crippen molar-refractivity contribution in [3.05, 3.63) is 53.0 Å². The van der Waals surface area contributed by atoms with Gasteiger partial charge in [0.2, 0.25) is 0 Å². The van der Waals surface area contributed by atoms with Gasteiger partial charge in [0.25, 0.3) is 5.91 Å². The highest BCUT2D eigenvalue weighted by atomic mass is 16.1. The molecule has 2 aromatic heterocycles. The number of nitrogens with one attached hydrogen (secondary N) is 1. The van der Waals surface area contributed by atoms with Gasteiger partial charge in [-0.05, 0) is 45.2 Å². The summed E-state index contributed by atoms with van der Waals surface area (Å²) in [6.07, 6.45) is 4.63. The Hall–Kier alpha value is -2.56. The minimum Gasteiger partial charge on any atom is -0.352 e. The third-order valence-corrected chi connectivity index (χ3v) is 4.74. The van der Waals surface area contributed by atoms with Crippen molar-refractivity contribution >= 4 is 16.8 Å². The Morgan fingerprint density at radius 3 is 2.72 bits per heavy atom. The number of rotatable bonds is 5. The molecule has 0 unspecified atom stereocenters. The number of hydrogen-bond acceptors (Lipinski definition) is 2. The first kappa shape index (κ1) is 17.3. The van der Waals surface area contributed by atoms with Gasteiger partial charge in [0.05, 0.1) is 17.3 Å². The van der Waals surface area contributed by atoms with Crippen LogP contribution in [0.3, 0.4) is 0 Å². The van der Waals surface area contributed by atoms with Gasteiger partial charge in [-0.1, -0.05) is 18.2 Å². The largest absolute Gasteiger partial charge is 0.352 e. The summed E-state index contributed by atoms with van der Waals surface area (Å²) in [6.45, 7) is 8.80. The highest BCUT2D eigenvalue weighted by Crippen LogP contribution is 2.23. The Balaban J connectivity index is 1.69. The Morgan fingerprint density at radius 2 is 2.04 bits per heavy atom. The second kappa shape index (κ2) is 6.75. The molecule has 3 rings (SSSR count). The van der Waals surface area contributed by atoms with E-state index >= 15 is 0 Å². The molecule has 0 aliphatic rings. The molecule has 0 bridgehead atoms. The zero-order chi connectivity index (χ0) is 18.1. The van der Waals surface area contributed by atoms with E-state index in [0.29, 0.717) is 12.1 Å². The van der Waals surface area contributed by atoms with Crippen molar-refractivity contribution in [1.82, 2.24) is 19.7 Å². The van der Waals surface area contributed by atoms with Gasteiger partial charge in [-0.15, -0.1) is 0 Å². The van der Waals surface area contributed by atoms with Crippen molar-refractivity contribution in [2.75, 3.05) is 6.54 Å². The molecule has 5 nitrogen and oxygen atoms in total. The lowest BCUT2D eigenvalue weighted by molar-refractivity contribution is 0.0953. The minimum absolute atomic E-state index is 0.0548. The van der Waals surface area contributed by atoms with E-state index in [1.54, 1.807) is 6.20 Å². The molecule has 2 heterocycles. The van der Waals surface area contributed by atoms with Crippen molar-refractivity contribution in [2.24, 2.45) is 7.05 Å². The molecule has 5 heteroatoms. The highest BCUT2D eigenvalue weighted by molar-refractivity contribution is 5.95. The van der Waals surface area contributed by atoms with E-state index in [1.807, 2.05) is 11.6 Å². The Labute approximate surface area is 148 Å². The van der Waals surface area contributed by atoms with Crippen LogP contribution in [0.15, 0.2) is 30.6 Å². The zero-order valence-electron chi connectivity index (χ0n) is 15.6. The van der Waals surface area contributed by atoms with E-state index in [2.05, 4.69) is 67.2 Å². The van der Waals surface area contributed by atoms with Gasteiger partial charge < -0.3 is 9.88 Å². The van der Waals surface area contributed by atoms with Crippen LogP contribution in [-0.2, 0) is 13.5 Å². The van der Waals surface area contributed by atoms with Gasteiger partial charge in [-0.3, -0.25) is 9.48 Å². The number of para-hydroxylation sites is 1. The molecule has 0 saturated heterocycles. The minimum atomic E-state index is -0.0548. The molecule has 25 heavy (non-hydrogen) atoms. The molecule has 0 fully saturated rings. The predicted octanol–water partition coefficient (Wildman–Crippen LogP) is 3.55. The molecular formula is C20H26N4O. The van der Waals surface area contributed by atoms with Crippen molar-refractivity contribution < 1.29 is 4.79 Å². The van der Waals surface area contributed by atoms with Crippen LogP contribution in [0.2, 0.25) is 0 Å². The summed E-state index contributed by atoms with van der Waals surface area (Å²) in [5.41, 5.74) is 5.36. The quantitative estimate of drug-likeness (QED) is 0.773. The fourth-order valence-electron chi connectivity index (χ4n) is 3.53. The summed E-state index contributed by atoms with van der Waals surface area (Å²) >= 11 is 0. The molecule has 0 spiro atoms. The van der Waals surface area contributed by atoms with Gasteiger partial charge in [0, 0.05) is 36.9 Å². The fourth-order valence-corrected chi connectivity index (χ4v) is 3.53. The van der Waals surface area contributed by atoms with Crippen molar-refractivity contribution in [1.29, 1.82) is 0 Å². The van der Waals surface area contributed by atoms with Crippen LogP contribution in [0, 0.1) is 13.8 Å². The monoisotopic (exact) mass is 338 g/mol. The molecule has 0 aliphatic heterocycles. The lowest BCUT2D eigenvalue weighted by Gasteiger charge is -2.09. The molecule has 3 aromatic rings. The van der Waals surface area contributed by atoms with Gasteiger partial charge in [-0.25, -0.2) is 0 Å². The standard InChI is InChI=1S/C20H26N4O/c1-13(2)24-15(4)18(11-22-24)20(25)21-10-9-16-12-23(5)19-14(3)7-6-8-17(16)19/h6-8,11-13H,9-10H2,1-5H3,(H,21,25). The van der Waals surface area contributed by atoms with E-state index in [0.717, 1.165) is 12.1 Å². The van der Waals surface area contributed by atoms with E-state index in [4.69, 9.17) is 0 Å². The number of fused-ring (bicyclic) bond motifs is 1. The van der Waals surface area contributed by atoms with Crippen LogP contribution >= 0.6 is 0 Å². The number of aryl methyl sites for hydroxylation is 2. The molecule has 0 radical (unpaired) electrons. The first-order chi connectivity index (χ1) is 11.9. The second-order valence-corrected chi connectivity index (χ2v) is 6.92. The van der Waals surface area contributed by atoms with Gasteiger partial charge in [-0.2, -0.15) is 5.10 Å². The van der Waals surface area contributed by atoms with E-state index in [-0.39, 0.29) is 11.9 Å². The maximum Gasteiger partial charge on any atom is 0.254 e. The summed E-state index contributed by atoms with van der Waals surface area (Å²) < 4.78 is 4.04. The summed E-state index contributed by atoms with van der Waals surface area (Å²) in [7, 11) is 2.07. The van der Waals surface area contributed by atoms with Crippen molar-refractivity contribution in [3.63, 3.8) is 0 Å². The highest BCUT2D eigenvalue weighted by Gasteiger charge is 2.15. The summed E-state index contributed by atoms with van der Waals surface area (Å²) in [6, 6.07) is 6.61. The molecule has 0 aliphatic carbocycles. The van der Waals surface area contributed by atoms with Crippen molar-refractivity contribution in [3.8, 4) is 0 Å². The van der Waals surface area contributed by atoms with Crippen LogP contribution in [-0.4, -0.2) is 26.8 Å². The average molecular weight is 338 g/mol. The van der Waals surface area contributed by atoms with Crippen LogP contribution in [0.4, 0.5) is 0 Å². The van der Waals surface area contributed by atoms with Crippen LogP contribution in [0.25, 0.3) is 10.9 Å². The number of carbonyl (C=O) groups excluding carboxylic acids is 1. The van der Waals surface area contributed by atoms with Crippen LogP contribution < -0.4 is 5.32 Å². The Bertz CT molecular complexity index is 917.